The number of aromatic amines is 1. The molecule has 2 N–H and O–H groups in total. The molecule has 0 amide bonds. The van der Waals surface area contributed by atoms with Crippen molar-refractivity contribution >= 4 is 29.8 Å². The molecule has 5 nitrogen and oxygen atoms in total. The zero-order chi connectivity index (χ0) is 21.6. The van der Waals surface area contributed by atoms with Crippen molar-refractivity contribution in [3.05, 3.63) is 89.6 Å². The Morgan fingerprint density at radius 3 is 2.34 bits per heavy atom. The number of imidazole rings is 1. The predicted octanol–water partition coefficient (Wildman–Crippen LogP) is 3.36. The van der Waals surface area contributed by atoms with E-state index in [1.54, 1.807) is 6.33 Å². The lowest BCUT2D eigenvalue weighted by Crippen LogP contribution is -2.23. The molecule has 150 valence electrons. The summed E-state index contributed by atoms with van der Waals surface area (Å²) in [6.07, 6.45) is 5.34. The maximum absolute atomic E-state index is 4.59. The second kappa shape index (κ2) is 9.55. The van der Waals surface area contributed by atoms with Gasteiger partial charge in [-0.3, -0.25) is 4.99 Å². The zero-order valence-electron chi connectivity index (χ0n) is 17.7. The Bertz CT molecular complexity index is 1080. The summed E-state index contributed by atoms with van der Waals surface area (Å²) in [4.78, 5) is 13.8. The first-order chi connectivity index (χ1) is 13.7. The van der Waals surface area contributed by atoms with Crippen LogP contribution in [0.5, 0.6) is 0 Å². The molecule has 0 unspecified atom stereocenters. The van der Waals surface area contributed by atoms with Gasteiger partial charge >= 0.3 is 0 Å². The van der Waals surface area contributed by atoms with Gasteiger partial charge in [-0.15, -0.1) is 0 Å². The number of nitrogens with zero attached hydrogens (tertiary/aromatic N) is 3. The molecule has 29 heavy (non-hydrogen) atoms. The fourth-order valence-electron chi connectivity index (χ4n) is 2.61. The summed E-state index contributed by atoms with van der Waals surface area (Å²) in [5.74, 6) is 0. The van der Waals surface area contributed by atoms with E-state index in [9.17, 15) is 0 Å². The van der Waals surface area contributed by atoms with Gasteiger partial charge in [-0.05, 0) is 49.3 Å². The minimum absolute atomic E-state index is 0.711. The highest BCUT2D eigenvalue weighted by Crippen LogP contribution is 2.17. The van der Waals surface area contributed by atoms with Gasteiger partial charge in [-0.2, -0.15) is 0 Å². The fourth-order valence-corrected chi connectivity index (χ4v) is 2.61. The van der Waals surface area contributed by atoms with Gasteiger partial charge in [0, 0.05) is 42.6 Å². The molecule has 0 fully saturated rings. The molecule has 0 atom stereocenters. The lowest BCUT2D eigenvalue weighted by atomic mass is 10.1. The molecular weight excluding hydrogens is 358 g/mol. The third-order valence-corrected chi connectivity index (χ3v) is 4.30. The second-order valence-corrected chi connectivity index (χ2v) is 6.99. The van der Waals surface area contributed by atoms with Gasteiger partial charge in [-0.25, -0.2) is 4.98 Å². The van der Waals surface area contributed by atoms with E-state index in [0.29, 0.717) is 5.70 Å². The quantitative estimate of drug-likeness (QED) is 0.539. The number of aliphatic imine (C=N–C) groups is 1. The SMILES string of the molecule is C=C(/C=C(\C)N=C(C)C(=C)/C=c1/nc[nH]c1=C)NC(=C)c1ccc(N(C)C)cc1. The highest BCUT2D eigenvalue weighted by atomic mass is 15.1. The highest BCUT2D eigenvalue weighted by Gasteiger charge is 2.02. The van der Waals surface area contributed by atoms with Crippen molar-refractivity contribution in [1.29, 1.82) is 0 Å². The number of hydrogen-bond acceptors (Lipinski definition) is 4. The summed E-state index contributed by atoms with van der Waals surface area (Å²) in [6.45, 7) is 19.9. The number of benzene rings is 1. The largest absolute Gasteiger partial charge is 0.378 e. The van der Waals surface area contributed by atoms with Crippen LogP contribution in [0, 0.1) is 0 Å². The summed E-state index contributed by atoms with van der Waals surface area (Å²) in [6, 6.07) is 8.17. The standard InChI is InChI=1S/C24H29N5/c1-16(13-24-21(6)25-15-26-24)19(4)27-17(2)14-18(3)28-20(5)22-9-11-23(12-10-22)29(7)8/h9-15,28H,1,3,5-6H2,2,4,7-8H3,(H,25,26)/b17-14+,24-13+,27-19?. The van der Waals surface area contributed by atoms with E-state index < -0.39 is 0 Å². The van der Waals surface area contributed by atoms with Crippen LogP contribution in [0.15, 0.2) is 78.4 Å². The van der Waals surface area contributed by atoms with Gasteiger partial charge in [0.25, 0.3) is 0 Å². The minimum atomic E-state index is 0.711. The molecule has 0 saturated heterocycles. The molecule has 2 aromatic rings. The van der Waals surface area contributed by atoms with Crippen LogP contribution >= 0.6 is 0 Å². The van der Waals surface area contributed by atoms with Crippen LogP contribution in [0.4, 0.5) is 5.69 Å². The van der Waals surface area contributed by atoms with E-state index in [0.717, 1.165) is 44.6 Å². The number of anilines is 1. The molecule has 1 aromatic heterocycles. The van der Waals surface area contributed by atoms with E-state index in [4.69, 9.17) is 0 Å². The van der Waals surface area contributed by atoms with Gasteiger partial charge < -0.3 is 15.2 Å². The zero-order valence-corrected chi connectivity index (χ0v) is 17.7. The first-order valence-electron chi connectivity index (χ1n) is 9.23. The Balaban J connectivity index is 2.04. The number of nitrogens with one attached hydrogen (secondary N) is 2. The Hall–Kier alpha value is -3.60. The van der Waals surface area contributed by atoms with Crippen LogP contribution in [0.3, 0.4) is 0 Å². The average Bonchev–Trinajstić information content (AvgIpc) is 3.05. The van der Waals surface area contributed by atoms with Crippen molar-refractivity contribution in [1.82, 2.24) is 15.3 Å². The van der Waals surface area contributed by atoms with Crippen molar-refractivity contribution in [2.24, 2.45) is 4.99 Å². The van der Waals surface area contributed by atoms with E-state index in [1.807, 2.05) is 52.2 Å². The molecule has 0 saturated carbocycles. The molecule has 0 aliphatic carbocycles. The first-order valence-corrected chi connectivity index (χ1v) is 9.23. The predicted molar refractivity (Wildman–Crippen MR) is 126 cm³/mol. The van der Waals surface area contributed by atoms with Gasteiger partial charge in [0.1, 0.15) is 0 Å². The van der Waals surface area contributed by atoms with E-state index in [-0.39, 0.29) is 0 Å². The number of allylic oxidation sites excluding steroid dienone is 3. The Morgan fingerprint density at radius 2 is 1.79 bits per heavy atom. The molecular formula is C24H29N5. The van der Waals surface area contributed by atoms with Crippen LogP contribution in [0.2, 0.25) is 0 Å². The van der Waals surface area contributed by atoms with Crippen molar-refractivity contribution in [3.8, 4) is 0 Å². The van der Waals surface area contributed by atoms with E-state index in [2.05, 4.69) is 63.6 Å². The Labute approximate surface area is 172 Å². The smallest absolute Gasteiger partial charge is 0.0931 e. The van der Waals surface area contributed by atoms with E-state index in [1.165, 1.54) is 0 Å². The fraction of sp³-hybridized carbons (Fsp3) is 0.167. The molecule has 0 aliphatic heterocycles. The van der Waals surface area contributed by atoms with Crippen LogP contribution in [0.1, 0.15) is 19.4 Å². The lowest BCUT2D eigenvalue weighted by Gasteiger charge is -2.14. The summed E-state index contributed by atoms with van der Waals surface area (Å²) in [7, 11) is 4.03. The summed E-state index contributed by atoms with van der Waals surface area (Å²) in [5, 5.41) is 4.73. The lowest BCUT2D eigenvalue weighted by molar-refractivity contribution is 1.12. The van der Waals surface area contributed by atoms with Gasteiger partial charge in [0.2, 0.25) is 0 Å². The van der Waals surface area contributed by atoms with Gasteiger partial charge in [0.15, 0.2) is 0 Å². The molecule has 2 rings (SSSR count). The van der Waals surface area contributed by atoms with Gasteiger partial charge in [-0.1, -0.05) is 38.4 Å². The second-order valence-electron chi connectivity index (χ2n) is 6.99. The normalized spacial score (nSPS) is 12.6. The molecule has 1 heterocycles. The highest BCUT2D eigenvalue weighted by molar-refractivity contribution is 6.05. The monoisotopic (exact) mass is 387 g/mol. The first kappa shape index (κ1) is 21.7. The third kappa shape index (κ3) is 6.21. The number of aromatic nitrogens is 2. The van der Waals surface area contributed by atoms with Crippen LogP contribution < -0.4 is 20.9 Å². The molecule has 0 radical (unpaired) electrons. The summed E-state index contributed by atoms with van der Waals surface area (Å²) >= 11 is 0. The number of H-pyrrole nitrogens is 1. The number of hydrogen-bond donors (Lipinski definition) is 2. The average molecular weight is 388 g/mol. The van der Waals surface area contributed by atoms with Crippen molar-refractivity contribution in [2.75, 3.05) is 19.0 Å². The molecule has 0 bridgehead atoms. The Kier molecular flexibility index (Phi) is 7.15. The molecule has 5 heteroatoms. The van der Waals surface area contributed by atoms with Crippen LogP contribution in [-0.2, 0) is 0 Å². The van der Waals surface area contributed by atoms with Crippen molar-refractivity contribution in [2.45, 2.75) is 13.8 Å². The Morgan fingerprint density at radius 1 is 1.14 bits per heavy atom. The van der Waals surface area contributed by atoms with Crippen LogP contribution in [0.25, 0.3) is 18.4 Å². The third-order valence-electron chi connectivity index (χ3n) is 4.30. The maximum atomic E-state index is 4.59. The van der Waals surface area contributed by atoms with Crippen molar-refractivity contribution < 1.29 is 0 Å². The molecule has 1 aromatic carbocycles. The minimum Gasteiger partial charge on any atom is -0.378 e. The summed E-state index contributed by atoms with van der Waals surface area (Å²) < 4.78 is 0. The van der Waals surface area contributed by atoms with Gasteiger partial charge in [0.05, 0.1) is 17.0 Å². The number of rotatable bonds is 8. The molecule has 0 aliphatic rings. The van der Waals surface area contributed by atoms with Crippen molar-refractivity contribution in [3.63, 3.8) is 0 Å². The van der Waals surface area contributed by atoms with E-state index >= 15 is 0 Å². The maximum Gasteiger partial charge on any atom is 0.0931 e. The topological polar surface area (TPSA) is 56.3 Å². The molecule has 0 spiro atoms. The summed E-state index contributed by atoms with van der Waals surface area (Å²) in [5.41, 5.74) is 6.02. The van der Waals surface area contributed by atoms with Crippen LogP contribution in [-0.4, -0.2) is 29.8 Å².